The van der Waals surface area contributed by atoms with E-state index in [0.717, 1.165) is 12.2 Å². The van der Waals surface area contributed by atoms with Crippen LogP contribution in [0.5, 0.6) is 0 Å². The number of carbonyl (C=O) groups is 1. The van der Waals surface area contributed by atoms with Gasteiger partial charge in [-0.1, -0.05) is 0 Å². The van der Waals surface area contributed by atoms with Crippen LogP contribution in [0.2, 0.25) is 0 Å². The van der Waals surface area contributed by atoms with Crippen molar-refractivity contribution in [3.63, 3.8) is 0 Å². The first kappa shape index (κ1) is 12.3. The van der Waals surface area contributed by atoms with E-state index in [1.54, 1.807) is 6.92 Å². The number of anilines is 1. The maximum atomic E-state index is 11.4. The van der Waals surface area contributed by atoms with Crippen LogP contribution >= 0.6 is 11.8 Å². The van der Waals surface area contributed by atoms with Gasteiger partial charge in [0.1, 0.15) is 6.26 Å². The molecule has 0 spiro atoms. The smallest absolute Gasteiger partial charge is 0.360 e. The summed E-state index contributed by atoms with van der Waals surface area (Å²) in [5.74, 6) is 1.81. The van der Waals surface area contributed by atoms with Crippen molar-refractivity contribution < 1.29 is 13.9 Å². The molecule has 1 aliphatic rings. The summed E-state index contributed by atoms with van der Waals surface area (Å²) in [6.45, 7) is 2.11. The van der Waals surface area contributed by atoms with Gasteiger partial charge in [0.2, 0.25) is 0 Å². The number of hydrogen-bond donors (Lipinski definition) is 0. The number of esters is 1. The standard InChI is InChI=1S/C11H16N2O3S/c1-3-15-10(14)9-6-16-11(12-9)13(2)8-4-5-17-7-8/h6,8H,3-5,7H2,1-2H3. The van der Waals surface area contributed by atoms with Gasteiger partial charge in [0.05, 0.1) is 6.61 Å². The van der Waals surface area contributed by atoms with Crippen molar-refractivity contribution in [1.82, 2.24) is 4.98 Å². The molecule has 1 saturated heterocycles. The normalized spacial score (nSPS) is 19.3. The van der Waals surface area contributed by atoms with E-state index in [2.05, 4.69) is 4.98 Å². The van der Waals surface area contributed by atoms with E-state index < -0.39 is 5.97 Å². The Kier molecular flexibility index (Phi) is 3.93. The lowest BCUT2D eigenvalue weighted by molar-refractivity contribution is 0.0519. The summed E-state index contributed by atoms with van der Waals surface area (Å²) in [6, 6.07) is 0.925. The molecule has 1 aliphatic heterocycles. The molecule has 0 radical (unpaired) electrons. The molecular formula is C11H16N2O3S. The van der Waals surface area contributed by atoms with E-state index in [0.29, 0.717) is 18.7 Å². The van der Waals surface area contributed by atoms with Crippen molar-refractivity contribution in [3.8, 4) is 0 Å². The first-order valence-corrected chi connectivity index (χ1v) is 6.81. The van der Waals surface area contributed by atoms with Crippen LogP contribution in [0, 0.1) is 0 Å². The van der Waals surface area contributed by atoms with Crippen LogP contribution in [0.4, 0.5) is 6.01 Å². The Bertz CT molecular complexity index is 388. The Hall–Kier alpha value is -1.17. The van der Waals surface area contributed by atoms with Crippen LogP contribution in [0.15, 0.2) is 10.7 Å². The maximum Gasteiger partial charge on any atom is 0.360 e. The topological polar surface area (TPSA) is 55.6 Å². The summed E-state index contributed by atoms with van der Waals surface area (Å²) in [7, 11) is 1.94. The van der Waals surface area contributed by atoms with E-state index >= 15 is 0 Å². The summed E-state index contributed by atoms with van der Waals surface area (Å²) in [5, 5.41) is 0. The highest BCUT2D eigenvalue weighted by molar-refractivity contribution is 7.99. The number of oxazole rings is 1. The van der Waals surface area contributed by atoms with E-state index in [1.807, 2.05) is 23.7 Å². The Balaban J connectivity index is 2.04. The zero-order valence-corrected chi connectivity index (χ0v) is 10.8. The van der Waals surface area contributed by atoms with Gasteiger partial charge in [0, 0.05) is 18.8 Å². The minimum atomic E-state index is -0.434. The molecule has 2 heterocycles. The monoisotopic (exact) mass is 256 g/mol. The van der Waals surface area contributed by atoms with Gasteiger partial charge in [-0.05, 0) is 19.1 Å². The van der Waals surface area contributed by atoms with Crippen molar-refractivity contribution in [2.24, 2.45) is 0 Å². The lowest BCUT2D eigenvalue weighted by atomic mass is 10.2. The third-order valence-corrected chi connectivity index (χ3v) is 3.88. The second kappa shape index (κ2) is 5.44. The highest BCUT2D eigenvalue weighted by atomic mass is 32.2. The largest absolute Gasteiger partial charge is 0.461 e. The van der Waals surface area contributed by atoms with Gasteiger partial charge in [-0.2, -0.15) is 16.7 Å². The van der Waals surface area contributed by atoms with Crippen molar-refractivity contribution in [3.05, 3.63) is 12.0 Å². The lowest BCUT2D eigenvalue weighted by Gasteiger charge is -2.21. The molecule has 17 heavy (non-hydrogen) atoms. The first-order chi connectivity index (χ1) is 8.22. The maximum absolute atomic E-state index is 11.4. The highest BCUT2D eigenvalue weighted by Gasteiger charge is 2.24. The number of aromatic nitrogens is 1. The summed E-state index contributed by atoms with van der Waals surface area (Å²) < 4.78 is 10.2. The second-order valence-electron chi connectivity index (χ2n) is 3.86. The molecule has 0 aliphatic carbocycles. The minimum Gasteiger partial charge on any atom is -0.461 e. The molecular weight excluding hydrogens is 240 g/mol. The molecule has 0 N–H and O–H groups in total. The highest BCUT2D eigenvalue weighted by Crippen LogP contribution is 2.25. The Morgan fingerprint density at radius 3 is 3.24 bits per heavy atom. The van der Waals surface area contributed by atoms with Crippen molar-refractivity contribution in [2.75, 3.05) is 30.1 Å². The molecule has 0 saturated carbocycles. The quantitative estimate of drug-likeness (QED) is 0.766. The second-order valence-corrected chi connectivity index (χ2v) is 5.01. The molecule has 1 aromatic rings. The number of ether oxygens (including phenoxy) is 1. The molecule has 1 unspecified atom stereocenters. The first-order valence-electron chi connectivity index (χ1n) is 5.65. The van der Waals surface area contributed by atoms with Gasteiger partial charge in [-0.25, -0.2) is 4.79 Å². The summed E-state index contributed by atoms with van der Waals surface area (Å²) in [4.78, 5) is 17.6. The summed E-state index contributed by atoms with van der Waals surface area (Å²) >= 11 is 1.92. The number of thioether (sulfide) groups is 1. The minimum absolute atomic E-state index is 0.236. The molecule has 0 amide bonds. The van der Waals surface area contributed by atoms with Crippen LogP contribution in [0.25, 0.3) is 0 Å². The average Bonchev–Trinajstić information content (AvgIpc) is 3.00. The molecule has 1 atom stereocenters. The molecule has 0 aromatic carbocycles. The van der Waals surface area contributed by atoms with E-state index in [1.165, 1.54) is 12.0 Å². The van der Waals surface area contributed by atoms with E-state index in [9.17, 15) is 4.79 Å². The molecule has 1 aromatic heterocycles. The SMILES string of the molecule is CCOC(=O)c1coc(N(C)C2CCSC2)n1. The predicted molar refractivity (Wildman–Crippen MR) is 66.6 cm³/mol. The van der Waals surface area contributed by atoms with Gasteiger partial charge >= 0.3 is 5.97 Å². The van der Waals surface area contributed by atoms with Gasteiger partial charge < -0.3 is 14.1 Å². The molecule has 6 heteroatoms. The zero-order chi connectivity index (χ0) is 12.3. The van der Waals surface area contributed by atoms with Crippen LogP contribution in [-0.4, -0.2) is 42.2 Å². The lowest BCUT2D eigenvalue weighted by Crippen LogP contribution is -2.31. The van der Waals surface area contributed by atoms with Crippen LogP contribution in [0.3, 0.4) is 0 Å². The Morgan fingerprint density at radius 2 is 2.59 bits per heavy atom. The van der Waals surface area contributed by atoms with Crippen molar-refractivity contribution in [1.29, 1.82) is 0 Å². The number of carbonyl (C=O) groups excluding carboxylic acids is 1. The summed E-state index contributed by atoms with van der Waals surface area (Å²) in [6.07, 6.45) is 2.48. The van der Waals surface area contributed by atoms with Crippen LogP contribution in [-0.2, 0) is 4.74 Å². The summed E-state index contributed by atoms with van der Waals surface area (Å²) in [5.41, 5.74) is 0.236. The van der Waals surface area contributed by atoms with Gasteiger partial charge in [0.25, 0.3) is 6.01 Å². The zero-order valence-electron chi connectivity index (χ0n) is 10.0. The van der Waals surface area contributed by atoms with Crippen molar-refractivity contribution >= 4 is 23.7 Å². The predicted octanol–water partition coefficient (Wildman–Crippen LogP) is 1.79. The fourth-order valence-electron chi connectivity index (χ4n) is 1.71. The van der Waals surface area contributed by atoms with Gasteiger partial charge in [-0.15, -0.1) is 0 Å². The van der Waals surface area contributed by atoms with E-state index in [-0.39, 0.29) is 5.69 Å². The third kappa shape index (κ3) is 2.74. The number of nitrogens with zero attached hydrogens (tertiary/aromatic N) is 2. The molecule has 0 bridgehead atoms. The van der Waals surface area contributed by atoms with Crippen molar-refractivity contribution in [2.45, 2.75) is 19.4 Å². The Morgan fingerprint density at radius 1 is 1.76 bits per heavy atom. The fourth-order valence-corrected chi connectivity index (χ4v) is 2.98. The molecule has 2 rings (SSSR count). The van der Waals surface area contributed by atoms with E-state index in [4.69, 9.17) is 9.15 Å². The molecule has 5 nitrogen and oxygen atoms in total. The van der Waals surface area contributed by atoms with Gasteiger partial charge in [-0.3, -0.25) is 0 Å². The third-order valence-electron chi connectivity index (χ3n) is 2.73. The number of hydrogen-bond acceptors (Lipinski definition) is 6. The van der Waals surface area contributed by atoms with Crippen LogP contribution < -0.4 is 4.90 Å². The van der Waals surface area contributed by atoms with Gasteiger partial charge in [0.15, 0.2) is 5.69 Å². The average molecular weight is 256 g/mol. The fraction of sp³-hybridized carbons (Fsp3) is 0.636. The Labute approximate surface area is 105 Å². The molecule has 1 fully saturated rings. The molecule has 94 valence electrons. The number of rotatable bonds is 4. The van der Waals surface area contributed by atoms with Crippen LogP contribution in [0.1, 0.15) is 23.8 Å².